The molecule has 0 amide bonds. The van der Waals surface area contributed by atoms with Crippen molar-refractivity contribution >= 4 is 40.2 Å². The number of halogens is 2. The number of nitrogen functional groups attached to an aromatic ring is 1. The Labute approximate surface area is 165 Å². The van der Waals surface area contributed by atoms with Crippen LogP contribution in [0.5, 0.6) is 5.88 Å². The van der Waals surface area contributed by atoms with Crippen molar-refractivity contribution in [1.29, 1.82) is 0 Å². The largest absolute Gasteiger partial charge is 0.475 e. The minimum absolute atomic E-state index is 0.00819. The van der Waals surface area contributed by atoms with Crippen LogP contribution in [0.1, 0.15) is 13.3 Å². The molecule has 2 heterocycles. The molecule has 0 aliphatic carbocycles. The van der Waals surface area contributed by atoms with Crippen LogP contribution in [0.3, 0.4) is 0 Å². The summed E-state index contributed by atoms with van der Waals surface area (Å²) in [4.78, 5) is 23.4. The summed E-state index contributed by atoms with van der Waals surface area (Å²) in [6.45, 7) is 3.37. The maximum Gasteiger partial charge on any atom is 0.257 e. The SMILES string of the molecule is CCCOCCOc1nc(N)nc2[nH]c(=O)c(-c3c(Cl)cccc3Cl)cc12. The number of anilines is 1. The lowest BCUT2D eigenvalue weighted by Gasteiger charge is -2.11. The summed E-state index contributed by atoms with van der Waals surface area (Å²) in [6.07, 6.45) is 0.923. The summed E-state index contributed by atoms with van der Waals surface area (Å²) in [5.41, 5.74) is 6.32. The van der Waals surface area contributed by atoms with Crippen molar-refractivity contribution in [1.82, 2.24) is 15.0 Å². The minimum atomic E-state index is -0.396. The van der Waals surface area contributed by atoms with Crippen molar-refractivity contribution in [3.05, 3.63) is 44.7 Å². The van der Waals surface area contributed by atoms with Crippen molar-refractivity contribution in [3.63, 3.8) is 0 Å². The number of hydrogen-bond donors (Lipinski definition) is 2. The molecule has 142 valence electrons. The van der Waals surface area contributed by atoms with Gasteiger partial charge in [0.2, 0.25) is 11.8 Å². The van der Waals surface area contributed by atoms with Crippen molar-refractivity contribution in [2.45, 2.75) is 13.3 Å². The molecule has 3 aromatic rings. The molecule has 0 radical (unpaired) electrons. The third kappa shape index (κ3) is 4.32. The first-order chi connectivity index (χ1) is 13.0. The van der Waals surface area contributed by atoms with Crippen molar-refractivity contribution in [2.75, 3.05) is 25.6 Å². The second-order valence-electron chi connectivity index (χ2n) is 5.72. The Hall–Kier alpha value is -2.35. The second kappa shape index (κ2) is 8.56. The van der Waals surface area contributed by atoms with E-state index >= 15 is 0 Å². The maximum absolute atomic E-state index is 12.6. The summed E-state index contributed by atoms with van der Waals surface area (Å²) in [7, 11) is 0. The molecule has 7 nitrogen and oxygen atoms in total. The van der Waals surface area contributed by atoms with Gasteiger partial charge in [0.1, 0.15) is 12.3 Å². The van der Waals surface area contributed by atoms with Crippen molar-refractivity contribution in [3.8, 4) is 17.0 Å². The van der Waals surface area contributed by atoms with Gasteiger partial charge in [-0.05, 0) is 24.6 Å². The molecule has 0 unspecified atom stereocenters. The number of hydrogen-bond acceptors (Lipinski definition) is 6. The Morgan fingerprint density at radius 3 is 2.59 bits per heavy atom. The highest BCUT2D eigenvalue weighted by molar-refractivity contribution is 6.39. The van der Waals surface area contributed by atoms with E-state index < -0.39 is 5.56 Å². The first-order valence-electron chi connectivity index (χ1n) is 8.36. The van der Waals surface area contributed by atoms with Crippen LogP contribution in [0.4, 0.5) is 5.95 Å². The van der Waals surface area contributed by atoms with E-state index in [1.54, 1.807) is 24.3 Å². The van der Waals surface area contributed by atoms with E-state index in [2.05, 4.69) is 15.0 Å². The highest BCUT2D eigenvalue weighted by Crippen LogP contribution is 2.34. The number of H-pyrrole nitrogens is 1. The van der Waals surface area contributed by atoms with E-state index in [4.69, 9.17) is 38.4 Å². The predicted octanol–water partition coefficient (Wildman–Crippen LogP) is 3.68. The summed E-state index contributed by atoms with van der Waals surface area (Å²) in [5, 5.41) is 1.21. The first kappa shape index (κ1) is 19.4. The fourth-order valence-corrected chi connectivity index (χ4v) is 3.17. The molecule has 0 atom stereocenters. The predicted molar refractivity (Wildman–Crippen MR) is 107 cm³/mol. The minimum Gasteiger partial charge on any atom is -0.475 e. The van der Waals surface area contributed by atoms with Crippen LogP contribution in [-0.4, -0.2) is 34.8 Å². The van der Waals surface area contributed by atoms with E-state index in [0.717, 1.165) is 6.42 Å². The standard InChI is InChI=1S/C18H18Cl2N4O3/c1-2-6-26-7-8-27-17-11-9-10(14-12(19)4-3-5-13(14)20)16(25)22-15(11)23-18(21)24-17/h3-5,9H,2,6-8H2,1H3,(H3,21,22,23,24,25). The lowest BCUT2D eigenvalue weighted by molar-refractivity contribution is 0.0996. The topological polar surface area (TPSA) is 103 Å². The summed E-state index contributed by atoms with van der Waals surface area (Å²) >= 11 is 12.5. The molecule has 3 N–H and O–H groups in total. The number of pyridine rings is 1. The lowest BCUT2D eigenvalue weighted by atomic mass is 10.1. The lowest BCUT2D eigenvalue weighted by Crippen LogP contribution is -2.13. The Balaban J connectivity index is 2.05. The number of aromatic amines is 1. The Kier molecular flexibility index (Phi) is 6.15. The fourth-order valence-electron chi connectivity index (χ4n) is 2.57. The molecule has 0 saturated heterocycles. The zero-order valence-electron chi connectivity index (χ0n) is 14.6. The van der Waals surface area contributed by atoms with Gasteiger partial charge in [-0.2, -0.15) is 9.97 Å². The molecule has 1 aromatic carbocycles. The molecule has 3 rings (SSSR count). The van der Waals surface area contributed by atoms with E-state index in [1.165, 1.54) is 0 Å². The van der Waals surface area contributed by atoms with Gasteiger partial charge in [0.05, 0.1) is 27.6 Å². The van der Waals surface area contributed by atoms with Crippen LogP contribution < -0.4 is 16.0 Å². The highest BCUT2D eigenvalue weighted by Gasteiger charge is 2.16. The van der Waals surface area contributed by atoms with Crippen LogP contribution in [-0.2, 0) is 4.74 Å². The molecule has 0 bridgehead atoms. The van der Waals surface area contributed by atoms with Gasteiger partial charge in [-0.25, -0.2) is 0 Å². The van der Waals surface area contributed by atoms with Gasteiger partial charge in [-0.3, -0.25) is 4.79 Å². The van der Waals surface area contributed by atoms with Crippen molar-refractivity contribution < 1.29 is 9.47 Å². The Morgan fingerprint density at radius 2 is 1.89 bits per heavy atom. The zero-order valence-corrected chi connectivity index (χ0v) is 16.1. The highest BCUT2D eigenvalue weighted by atomic mass is 35.5. The van der Waals surface area contributed by atoms with Gasteiger partial charge in [-0.15, -0.1) is 0 Å². The third-order valence-electron chi connectivity index (χ3n) is 3.74. The van der Waals surface area contributed by atoms with Crippen LogP contribution in [0.15, 0.2) is 29.1 Å². The third-order valence-corrected chi connectivity index (χ3v) is 4.37. The molecule has 27 heavy (non-hydrogen) atoms. The smallest absolute Gasteiger partial charge is 0.257 e. The first-order valence-corrected chi connectivity index (χ1v) is 9.12. The van der Waals surface area contributed by atoms with E-state index in [-0.39, 0.29) is 24.1 Å². The van der Waals surface area contributed by atoms with Crippen LogP contribution in [0.25, 0.3) is 22.2 Å². The van der Waals surface area contributed by atoms with E-state index in [0.29, 0.717) is 39.8 Å². The Bertz CT molecular complexity index is 1000. The number of benzene rings is 1. The van der Waals surface area contributed by atoms with E-state index in [1.807, 2.05) is 6.92 Å². The molecule has 0 aliphatic rings. The van der Waals surface area contributed by atoms with Gasteiger partial charge in [0.15, 0.2) is 0 Å². The number of nitrogens with zero attached hydrogens (tertiary/aromatic N) is 2. The molecular weight excluding hydrogens is 391 g/mol. The number of fused-ring (bicyclic) bond motifs is 1. The van der Waals surface area contributed by atoms with Gasteiger partial charge < -0.3 is 20.2 Å². The van der Waals surface area contributed by atoms with E-state index in [9.17, 15) is 4.79 Å². The van der Waals surface area contributed by atoms with Gasteiger partial charge in [0, 0.05) is 12.2 Å². The Morgan fingerprint density at radius 1 is 1.15 bits per heavy atom. The monoisotopic (exact) mass is 408 g/mol. The average Bonchev–Trinajstić information content (AvgIpc) is 2.61. The van der Waals surface area contributed by atoms with Gasteiger partial charge in [-0.1, -0.05) is 36.2 Å². The number of nitrogens with one attached hydrogen (secondary N) is 1. The van der Waals surface area contributed by atoms with Crippen molar-refractivity contribution in [2.24, 2.45) is 0 Å². The molecule has 0 aliphatic heterocycles. The molecular formula is C18H18Cl2N4O3. The second-order valence-corrected chi connectivity index (χ2v) is 6.53. The summed E-state index contributed by atoms with van der Waals surface area (Å²) in [6, 6.07) is 6.63. The molecule has 9 heteroatoms. The molecule has 0 spiro atoms. The van der Waals surface area contributed by atoms with Gasteiger partial charge in [0.25, 0.3) is 5.56 Å². The maximum atomic E-state index is 12.6. The number of nitrogens with two attached hydrogens (primary N) is 1. The fraction of sp³-hybridized carbons (Fsp3) is 0.278. The van der Waals surface area contributed by atoms with Gasteiger partial charge >= 0.3 is 0 Å². The number of aromatic nitrogens is 3. The number of rotatable bonds is 7. The molecule has 2 aromatic heterocycles. The zero-order chi connectivity index (χ0) is 19.4. The summed E-state index contributed by atoms with van der Waals surface area (Å²) in [5.74, 6) is 0.240. The van der Waals surface area contributed by atoms with Crippen LogP contribution in [0, 0.1) is 0 Å². The normalized spacial score (nSPS) is 11.1. The molecule has 0 fully saturated rings. The molecule has 0 saturated carbocycles. The van der Waals surface area contributed by atoms with Crippen LogP contribution in [0.2, 0.25) is 10.0 Å². The van der Waals surface area contributed by atoms with Crippen LogP contribution >= 0.6 is 23.2 Å². The average molecular weight is 409 g/mol. The quantitative estimate of drug-likeness (QED) is 0.577. The summed E-state index contributed by atoms with van der Waals surface area (Å²) < 4.78 is 11.1. The number of ether oxygens (including phenoxy) is 2.